The summed E-state index contributed by atoms with van der Waals surface area (Å²) in [6.45, 7) is 2.12. The number of aromatic nitrogens is 6. The average molecular weight is 426 g/mol. The molecule has 0 unspecified atom stereocenters. The third kappa shape index (κ3) is 2.55. The van der Waals surface area contributed by atoms with E-state index >= 15 is 0 Å². The predicted molar refractivity (Wildman–Crippen MR) is 131 cm³/mol. The van der Waals surface area contributed by atoms with Crippen LogP contribution in [0.2, 0.25) is 0 Å². The van der Waals surface area contributed by atoms with Gasteiger partial charge >= 0.3 is 0 Å². The quantitative estimate of drug-likeness (QED) is 0.352. The zero-order valence-corrected chi connectivity index (χ0v) is 17.8. The molecule has 0 radical (unpaired) electrons. The van der Waals surface area contributed by atoms with Gasteiger partial charge in [0, 0.05) is 46.3 Å². The van der Waals surface area contributed by atoms with E-state index in [0.29, 0.717) is 11.9 Å². The highest BCUT2D eigenvalue weighted by Gasteiger charge is 2.19. The molecule has 4 heterocycles. The van der Waals surface area contributed by atoms with Crippen LogP contribution in [-0.2, 0) is 0 Å². The normalized spacial score (nSPS) is 11.8. The number of para-hydroxylation sites is 1. The number of rotatable bonds is 2. The van der Waals surface area contributed by atoms with Crippen molar-refractivity contribution in [3.63, 3.8) is 0 Å². The second-order valence-corrected chi connectivity index (χ2v) is 8.19. The lowest BCUT2D eigenvalue weighted by Gasteiger charge is -2.06. The topological polar surface area (TPSA) is 61.4 Å². The lowest BCUT2D eigenvalue weighted by Crippen LogP contribution is -2.00. The molecule has 0 atom stereocenters. The molecule has 4 aromatic heterocycles. The van der Waals surface area contributed by atoms with E-state index in [0.717, 1.165) is 38.2 Å². The zero-order chi connectivity index (χ0) is 21.9. The van der Waals surface area contributed by atoms with Gasteiger partial charge in [0.1, 0.15) is 0 Å². The lowest BCUT2D eigenvalue weighted by atomic mass is 10.1. The Morgan fingerprint density at radius 2 is 1.00 bits per heavy atom. The van der Waals surface area contributed by atoms with Gasteiger partial charge in [-0.15, -0.1) is 0 Å². The van der Waals surface area contributed by atoms with Crippen LogP contribution in [0.15, 0.2) is 91.5 Å². The highest BCUT2D eigenvalue weighted by molar-refractivity contribution is 6.18. The number of aryl methyl sites for hydroxylation is 1. The molecule has 0 bridgehead atoms. The minimum Gasteiger partial charge on any atom is -0.278 e. The molecule has 0 aliphatic heterocycles. The average Bonchev–Trinajstić information content (AvgIpc) is 3.35. The molecule has 3 aromatic carbocycles. The molecular weight excluding hydrogens is 408 g/mol. The van der Waals surface area contributed by atoms with Crippen LogP contribution in [0.25, 0.3) is 55.5 Å². The van der Waals surface area contributed by atoms with Crippen LogP contribution in [0, 0.1) is 6.92 Å². The van der Waals surface area contributed by atoms with Crippen LogP contribution in [0.3, 0.4) is 0 Å². The molecule has 0 fully saturated rings. The number of fused-ring (bicyclic) bond motifs is 6. The number of hydrogen-bond donors (Lipinski definition) is 0. The summed E-state index contributed by atoms with van der Waals surface area (Å²) in [4.78, 5) is 18.2. The van der Waals surface area contributed by atoms with Crippen molar-refractivity contribution in [2.45, 2.75) is 6.92 Å². The highest BCUT2D eigenvalue weighted by atomic mass is 15.2. The fourth-order valence-corrected chi connectivity index (χ4v) is 4.84. The van der Waals surface area contributed by atoms with Crippen molar-refractivity contribution in [3.05, 3.63) is 97.1 Å². The molecule has 0 aliphatic carbocycles. The predicted octanol–water partition coefficient (Wildman–Crippen LogP) is 5.77. The van der Waals surface area contributed by atoms with Gasteiger partial charge in [0.2, 0.25) is 11.9 Å². The number of benzene rings is 3. The van der Waals surface area contributed by atoms with Crippen molar-refractivity contribution in [2.75, 3.05) is 0 Å². The smallest absolute Gasteiger partial charge is 0.234 e. The van der Waals surface area contributed by atoms with Crippen LogP contribution >= 0.6 is 0 Å². The van der Waals surface area contributed by atoms with Crippen molar-refractivity contribution in [2.24, 2.45) is 0 Å². The summed E-state index contributed by atoms with van der Waals surface area (Å²) in [7, 11) is 0. The molecule has 0 amide bonds. The molecule has 6 heteroatoms. The van der Waals surface area contributed by atoms with E-state index in [1.807, 2.05) is 12.1 Å². The molecule has 0 saturated carbocycles. The fourth-order valence-electron chi connectivity index (χ4n) is 4.84. The summed E-state index contributed by atoms with van der Waals surface area (Å²) >= 11 is 0. The summed E-state index contributed by atoms with van der Waals surface area (Å²) in [5, 5.41) is 4.62. The van der Waals surface area contributed by atoms with Gasteiger partial charge in [-0.25, -0.2) is 19.9 Å². The Hall–Kier alpha value is -4.58. The van der Waals surface area contributed by atoms with Crippen molar-refractivity contribution >= 4 is 43.6 Å². The first-order valence-corrected chi connectivity index (χ1v) is 10.8. The Labute approximate surface area is 188 Å². The highest BCUT2D eigenvalue weighted by Crippen LogP contribution is 2.38. The fraction of sp³-hybridized carbons (Fsp3) is 0.0370. The summed E-state index contributed by atoms with van der Waals surface area (Å²) in [5.41, 5.74) is 5.52. The van der Waals surface area contributed by atoms with E-state index in [4.69, 9.17) is 0 Å². The number of hydrogen-bond acceptors (Lipinski definition) is 4. The van der Waals surface area contributed by atoms with Crippen LogP contribution < -0.4 is 0 Å². The van der Waals surface area contributed by atoms with Gasteiger partial charge in [0.25, 0.3) is 0 Å². The minimum absolute atomic E-state index is 0.661. The maximum absolute atomic E-state index is 4.57. The van der Waals surface area contributed by atoms with Gasteiger partial charge in [-0.1, -0.05) is 29.8 Å². The summed E-state index contributed by atoms with van der Waals surface area (Å²) < 4.78 is 4.29. The monoisotopic (exact) mass is 426 g/mol. The molecule has 7 aromatic rings. The molecule has 0 spiro atoms. The van der Waals surface area contributed by atoms with Gasteiger partial charge < -0.3 is 0 Å². The van der Waals surface area contributed by atoms with Crippen molar-refractivity contribution < 1.29 is 0 Å². The molecule has 0 saturated heterocycles. The van der Waals surface area contributed by atoms with Gasteiger partial charge in [-0.05, 0) is 49.4 Å². The molecular formula is C27H18N6. The first kappa shape index (κ1) is 18.0. The van der Waals surface area contributed by atoms with E-state index in [2.05, 4.69) is 90.6 Å². The Bertz CT molecular complexity index is 1810. The van der Waals surface area contributed by atoms with Crippen LogP contribution in [0.1, 0.15) is 5.56 Å². The third-order valence-corrected chi connectivity index (χ3v) is 6.22. The minimum atomic E-state index is 0.661. The van der Waals surface area contributed by atoms with Crippen LogP contribution in [-0.4, -0.2) is 29.1 Å². The first-order chi connectivity index (χ1) is 16.3. The molecule has 156 valence electrons. The Morgan fingerprint density at radius 1 is 0.485 bits per heavy atom. The van der Waals surface area contributed by atoms with E-state index in [9.17, 15) is 0 Å². The Kier molecular flexibility index (Phi) is 3.67. The van der Waals surface area contributed by atoms with E-state index in [-0.39, 0.29) is 0 Å². The summed E-state index contributed by atoms with van der Waals surface area (Å²) in [5.74, 6) is 1.32. The zero-order valence-electron chi connectivity index (χ0n) is 17.8. The largest absolute Gasteiger partial charge is 0.278 e. The SMILES string of the molecule is Cc1ccc2c(c1)c1cc3c(cc1n2-c1ncccn1)c1ccccc1n3-c1ncccn1. The van der Waals surface area contributed by atoms with Crippen molar-refractivity contribution in [1.29, 1.82) is 0 Å². The Balaban J connectivity index is 1.71. The Morgan fingerprint density at radius 3 is 1.64 bits per heavy atom. The molecule has 33 heavy (non-hydrogen) atoms. The molecule has 0 aliphatic rings. The van der Waals surface area contributed by atoms with E-state index in [1.165, 1.54) is 10.9 Å². The van der Waals surface area contributed by atoms with Gasteiger partial charge in [-0.2, -0.15) is 0 Å². The van der Waals surface area contributed by atoms with E-state index < -0.39 is 0 Å². The first-order valence-electron chi connectivity index (χ1n) is 10.8. The second kappa shape index (κ2) is 6.71. The maximum atomic E-state index is 4.57. The van der Waals surface area contributed by atoms with Gasteiger partial charge in [0.15, 0.2) is 0 Å². The van der Waals surface area contributed by atoms with Crippen LogP contribution in [0.5, 0.6) is 0 Å². The summed E-state index contributed by atoms with van der Waals surface area (Å²) in [6, 6.07) is 23.1. The summed E-state index contributed by atoms with van der Waals surface area (Å²) in [6.07, 6.45) is 7.13. The second-order valence-electron chi connectivity index (χ2n) is 8.19. The molecule has 0 N–H and O–H groups in total. The molecule has 7 rings (SSSR count). The standard InChI is InChI=1S/C27H18N6/c1-17-8-9-23-19(14-17)21-16-24-20(15-25(21)33(23)27-30-12-5-13-31-27)18-6-2-3-7-22(18)32(24)26-28-10-4-11-29-26/h2-16H,1H3. The van der Waals surface area contributed by atoms with Crippen molar-refractivity contribution in [3.8, 4) is 11.9 Å². The third-order valence-electron chi connectivity index (χ3n) is 6.22. The van der Waals surface area contributed by atoms with Gasteiger partial charge in [-0.3, -0.25) is 9.13 Å². The van der Waals surface area contributed by atoms with Gasteiger partial charge in [0.05, 0.1) is 22.1 Å². The lowest BCUT2D eigenvalue weighted by molar-refractivity contribution is 0.985. The van der Waals surface area contributed by atoms with Crippen LogP contribution in [0.4, 0.5) is 0 Å². The van der Waals surface area contributed by atoms with E-state index in [1.54, 1.807) is 24.8 Å². The van der Waals surface area contributed by atoms with Crippen molar-refractivity contribution in [1.82, 2.24) is 29.1 Å². The number of nitrogens with zero attached hydrogens (tertiary/aromatic N) is 6. The molecule has 6 nitrogen and oxygen atoms in total. The maximum Gasteiger partial charge on any atom is 0.234 e.